The van der Waals surface area contributed by atoms with E-state index in [2.05, 4.69) is 23.6 Å². The zero-order valence-electron chi connectivity index (χ0n) is 22.8. The van der Waals surface area contributed by atoms with Gasteiger partial charge in [-0.2, -0.15) is 0 Å². The highest BCUT2D eigenvalue weighted by atomic mass is 32.2. The van der Waals surface area contributed by atoms with Crippen molar-refractivity contribution in [3.05, 3.63) is 23.5 Å². The zero-order chi connectivity index (χ0) is 29.1. The average Bonchev–Trinajstić information content (AvgIpc) is 3.56. The molecule has 4 rings (SSSR count). The summed E-state index contributed by atoms with van der Waals surface area (Å²) >= 11 is 1.52. The number of rotatable bonds is 13. The monoisotopic (exact) mass is 577 g/mol. The Bertz CT molecular complexity index is 1110. The van der Waals surface area contributed by atoms with Gasteiger partial charge in [0.1, 0.15) is 30.3 Å². The highest BCUT2D eigenvalue weighted by molar-refractivity contribution is 8.01. The second-order valence-electron chi connectivity index (χ2n) is 11.3. The van der Waals surface area contributed by atoms with Crippen molar-refractivity contribution in [2.75, 3.05) is 12.3 Å². The highest BCUT2D eigenvalue weighted by Gasteiger charge is 2.61. The molecule has 40 heavy (non-hydrogen) atoms. The predicted molar refractivity (Wildman–Crippen MR) is 147 cm³/mol. The Balaban J connectivity index is 1.63. The van der Waals surface area contributed by atoms with Crippen molar-refractivity contribution in [1.82, 2.24) is 10.6 Å². The Morgan fingerprint density at radius 1 is 1.20 bits per heavy atom. The lowest BCUT2D eigenvalue weighted by molar-refractivity contribution is -0.140. The van der Waals surface area contributed by atoms with Crippen molar-refractivity contribution in [3.8, 4) is 0 Å². The maximum absolute atomic E-state index is 13.1. The van der Waals surface area contributed by atoms with Gasteiger partial charge in [-0.05, 0) is 61.9 Å². The highest BCUT2D eigenvalue weighted by Crippen LogP contribution is 2.65. The number of nitrogens with one attached hydrogen (secondary N) is 2. The van der Waals surface area contributed by atoms with E-state index in [9.17, 15) is 24.0 Å². The van der Waals surface area contributed by atoms with Gasteiger partial charge in [0.2, 0.25) is 11.8 Å². The predicted octanol–water partition coefficient (Wildman–Crippen LogP) is 2.10. The van der Waals surface area contributed by atoms with Crippen LogP contribution in [0.2, 0.25) is 0 Å². The summed E-state index contributed by atoms with van der Waals surface area (Å²) in [6.07, 6.45) is 11.1. The largest absolute Gasteiger partial charge is 0.480 e. The van der Waals surface area contributed by atoms with E-state index in [1.165, 1.54) is 11.8 Å². The topological polar surface area (TPSA) is 185 Å². The third-order valence-corrected chi connectivity index (χ3v) is 10.9. The second kappa shape index (κ2) is 12.3. The molecule has 12 heteroatoms. The molecular formula is C28H39N3O8S. The lowest BCUT2D eigenvalue weighted by atomic mass is 9.62. The van der Waals surface area contributed by atoms with E-state index in [1.807, 2.05) is 6.08 Å². The molecule has 5 atom stereocenters. The standard InChI is InChI=1S/C28H39N3O8S/c1-2-27(11-3-4-12-27)28(13-10-16-6-5-7-17-22(16)23(28)39-26(17)38)40-15-19(24(35)30-14-21(33)34)31-20(32)9-8-18(29)25(36)37/h5,7,16-19H,2-4,6,8-15,29H2,1H3,(H,30,35)(H,31,32)(H,33,34)(H,36,37)/t16-,17-,18+,19+,28+/m1/s1. The number of hydrogen-bond acceptors (Lipinski definition) is 8. The molecule has 2 amide bonds. The number of hydrogen-bond donors (Lipinski definition) is 5. The van der Waals surface area contributed by atoms with E-state index in [-0.39, 0.29) is 41.8 Å². The molecule has 0 unspecified atom stereocenters. The van der Waals surface area contributed by atoms with Crippen molar-refractivity contribution in [2.45, 2.75) is 88.0 Å². The number of nitrogens with two attached hydrogens (primary N) is 1. The number of carboxylic acids is 2. The smallest absolute Gasteiger partial charge is 0.322 e. The average molecular weight is 578 g/mol. The van der Waals surface area contributed by atoms with Crippen LogP contribution in [-0.2, 0) is 28.7 Å². The minimum absolute atomic E-state index is 0.108. The van der Waals surface area contributed by atoms with Gasteiger partial charge in [-0.1, -0.05) is 31.9 Å². The first-order chi connectivity index (χ1) is 19.0. The van der Waals surface area contributed by atoms with Gasteiger partial charge < -0.3 is 31.3 Å². The summed E-state index contributed by atoms with van der Waals surface area (Å²) in [4.78, 5) is 61.0. The summed E-state index contributed by atoms with van der Waals surface area (Å²) in [5.74, 6) is -3.18. The molecule has 11 nitrogen and oxygen atoms in total. The van der Waals surface area contributed by atoms with Crippen molar-refractivity contribution in [1.29, 1.82) is 0 Å². The number of allylic oxidation sites excluding steroid dienone is 1. The minimum Gasteiger partial charge on any atom is -0.480 e. The number of carboxylic acid groups (broad SMARTS) is 2. The van der Waals surface area contributed by atoms with Gasteiger partial charge in [-0.3, -0.25) is 24.0 Å². The molecule has 1 heterocycles. The minimum atomic E-state index is -1.23. The molecule has 0 aromatic rings. The van der Waals surface area contributed by atoms with Crippen LogP contribution in [0.15, 0.2) is 23.5 Å². The van der Waals surface area contributed by atoms with Gasteiger partial charge in [0.15, 0.2) is 0 Å². The molecule has 0 bridgehead atoms. The number of thioether (sulfide) groups is 1. The Morgan fingerprint density at radius 2 is 1.93 bits per heavy atom. The number of carbonyl (C=O) groups is 5. The summed E-state index contributed by atoms with van der Waals surface area (Å²) in [5.41, 5.74) is 6.44. The molecule has 0 aromatic heterocycles. The first-order valence-corrected chi connectivity index (χ1v) is 15.1. The molecule has 1 saturated carbocycles. The van der Waals surface area contributed by atoms with Gasteiger partial charge in [0, 0.05) is 12.2 Å². The molecule has 220 valence electrons. The van der Waals surface area contributed by atoms with E-state index >= 15 is 0 Å². The fourth-order valence-corrected chi connectivity index (χ4v) is 8.85. The summed E-state index contributed by atoms with van der Waals surface area (Å²) in [5, 5.41) is 23.1. The molecule has 4 aliphatic rings. The van der Waals surface area contributed by atoms with Crippen LogP contribution in [0, 0.1) is 17.3 Å². The van der Waals surface area contributed by atoms with Gasteiger partial charge in [0.25, 0.3) is 0 Å². The van der Waals surface area contributed by atoms with Crippen LogP contribution >= 0.6 is 11.8 Å². The summed E-state index contributed by atoms with van der Waals surface area (Å²) in [6, 6.07) is -2.29. The molecule has 1 fully saturated rings. The molecule has 3 aliphatic carbocycles. The number of carbonyl (C=O) groups excluding carboxylic acids is 3. The molecule has 0 radical (unpaired) electrons. The third-order valence-electron chi connectivity index (χ3n) is 9.11. The number of aliphatic carboxylic acids is 2. The van der Waals surface area contributed by atoms with Gasteiger partial charge in [-0.25, -0.2) is 0 Å². The molecule has 6 N–H and O–H groups in total. The van der Waals surface area contributed by atoms with Crippen LogP contribution in [0.5, 0.6) is 0 Å². The SMILES string of the molecule is CCC1([C@]2(SC[C@H](NC(=O)CC[C@H](N)C(=O)O)C(=O)NCC(=O)O)CC[C@H]3CC=C[C@H]4C(=O)OC2=C34)CCCC1. The molecule has 0 aromatic carbocycles. The molecular weight excluding hydrogens is 538 g/mol. The van der Waals surface area contributed by atoms with Crippen LogP contribution in [0.3, 0.4) is 0 Å². The van der Waals surface area contributed by atoms with Crippen molar-refractivity contribution < 1.29 is 38.9 Å². The lowest BCUT2D eigenvalue weighted by Gasteiger charge is -2.52. The Morgan fingerprint density at radius 3 is 2.58 bits per heavy atom. The lowest BCUT2D eigenvalue weighted by Crippen LogP contribution is -2.53. The Hall–Kier alpha value is -2.86. The maximum atomic E-state index is 13.1. The van der Waals surface area contributed by atoms with E-state index in [4.69, 9.17) is 20.7 Å². The third kappa shape index (κ3) is 5.79. The van der Waals surface area contributed by atoms with Crippen LogP contribution in [0.1, 0.15) is 71.1 Å². The first kappa shape index (κ1) is 30.1. The van der Waals surface area contributed by atoms with Crippen molar-refractivity contribution >= 4 is 41.5 Å². The molecule has 1 aliphatic heterocycles. The van der Waals surface area contributed by atoms with Gasteiger partial charge >= 0.3 is 17.9 Å². The maximum Gasteiger partial charge on any atom is 0.322 e. The van der Waals surface area contributed by atoms with Crippen LogP contribution in [0.25, 0.3) is 0 Å². The van der Waals surface area contributed by atoms with E-state index in [1.54, 1.807) is 0 Å². The Labute approximate surface area is 237 Å². The van der Waals surface area contributed by atoms with Crippen molar-refractivity contribution in [3.63, 3.8) is 0 Å². The van der Waals surface area contributed by atoms with Crippen LogP contribution < -0.4 is 16.4 Å². The van der Waals surface area contributed by atoms with E-state index < -0.39 is 47.1 Å². The summed E-state index contributed by atoms with van der Waals surface area (Å²) in [7, 11) is 0. The van der Waals surface area contributed by atoms with Crippen molar-refractivity contribution in [2.24, 2.45) is 23.0 Å². The number of esters is 1. The summed E-state index contributed by atoms with van der Waals surface area (Å²) in [6.45, 7) is 1.55. The quantitative estimate of drug-likeness (QED) is 0.160. The van der Waals surface area contributed by atoms with E-state index in [0.717, 1.165) is 62.7 Å². The summed E-state index contributed by atoms with van der Waals surface area (Å²) < 4.78 is 5.54. The molecule has 0 saturated heterocycles. The fourth-order valence-electron chi connectivity index (χ4n) is 6.96. The normalized spacial score (nSPS) is 27.9. The second-order valence-corrected chi connectivity index (χ2v) is 12.6. The number of amides is 2. The van der Waals surface area contributed by atoms with Crippen LogP contribution in [-0.4, -0.2) is 69.1 Å². The van der Waals surface area contributed by atoms with Gasteiger partial charge in [0.05, 0.1) is 4.75 Å². The number of ether oxygens (including phenoxy) is 1. The first-order valence-electron chi connectivity index (χ1n) is 14.1. The Kier molecular flexibility index (Phi) is 9.29. The molecule has 0 spiro atoms. The fraction of sp³-hybridized carbons (Fsp3) is 0.679. The van der Waals surface area contributed by atoms with Gasteiger partial charge in [-0.15, -0.1) is 11.8 Å². The zero-order valence-corrected chi connectivity index (χ0v) is 23.6. The van der Waals surface area contributed by atoms with Crippen LogP contribution in [0.4, 0.5) is 0 Å². The van der Waals surface area contributed by atoms with E-state index in [0.29, 0.717) is 0 Å².